The summed E-state index contributed by atoms with van der Waals surface area (Å²) in [6.45, 7) is 2.77. The van der Waals surface area contributed by atoms with Gasteiger partial charge in [-0.2, -0.15) is 8.78 Å². The van der Waals surface area contributed by atoms with E-state index < -0.39 is 6.61 Å². The fraction of sp³-hybridized carbons (Fsp3) is 0.500. The molecule has 1 aromatic carbocycles. The quantitative estimate of drug-likeness (QED) is 0.686. The van der Waals surface area contributed by atoms with Crippen LogP contribution in [0.4, 0.5) is 8.78 Å². The van der Waals surface area contributed by atoms with Gasteiger partial charge in [-0.1, -0.05) is 19.1 Å². The predicted octanol–water partition coefficient (Wildman–Crippen LogP) is 1.99. The minimum atomic E-state index is -2.76. The maximum atomic E-state index is 11.9. The van der Waals surface area contributed by atoms with Crippen LogP contribution in [0.1, 0.15) is 12.5 Å². The van der Waals surface area contributed by atoms with Crippen LogP contribution in [0.3, 0.4) is 0 Å². The molecule has 0 atom stereocenters. The van der Waals surface area contributed by atoms with E-state index in [4.69, 9.17) is 0 Å². The number of hydrogen-bond acceptors (Lipinski definition) is 3. The third-order valence-corrected chi connectivity index (χ3v) is 2.21. The molecule has 0 saturated carbocycles. The van der Waals surface area contributed by atoms with Crippen LogP contribution in [0.5, 0.6) is 5.75 Å². The zero-order chi connectivity index (χ0) is 12.5. The van der Waals surface area contributed by atoms with Gasteiger partial charge in [0.25, 0.3) is 0 Å². The molecule has 96 valence electrons. The number of rotatable bonds is 8. The largest absolute Gasteiger partial charge is 0.435 e. The molecule has 0 unspecified atom stereocenters. The highest BCUT2D eigenvalue weighted by Crippen LogP contribution is 2.14. The van der Waals surface area contributed by atoms with Crippen molar-refractivity contribution < 1.29 is 13.5 Å². The molecule has 17 heavy (non-hydrogen) atoms. The van der Waals surface area contributed by atoms with Crippen LogP contribution in [0.2, 0.25) is 0 Å². The molecule has 0 aliphatic carbocycles. The second-order valence-electron chi connectivity index (χ2n) is 3.55. The molecule has 0 saturated heterocycles. The molecule has 1 rings (SSSR count). The standard InChI is InChI=1S/C12H18F2N2O/c1-2-15-7-8-16-9-10-3-5-11(6-4-10)17-12(13)14/h3-6,12,15-16H,2,7-9H2,1H3. The van der Waals surface area contributed by atoms with Crippen LogP contribution in [-0.4, -0.2) is 26.2 Å². The maximum Gasteiger partial charge on any atom is 0.387 e. The number of benzene rings is 1. The van der Waals surface area contributed by atoms with Gasteiger partial charge in [-0.25, -0.2) is 0 Å². The monoisotopic (exact) mass is 244 g/mol. The normalized spacial score (nSPS) is 10.8. The van der Waals surface area contributed by atoms with Crippen LogP contribution in [0.15, 0.2) is 24.3 Å². The Morgan fingerprint density at radius 1 is 1.12 bits per heavy atom. The van der Waals surface area contributed by atoms with Gasteiger partial charge in [0.05, 0.1) is 0 Å². The lowest BCUT2D eigenvalue weighted by Crippen LogP contribution is -2.26. The number of likely N-dealkylation sites (N-methyl/N-ethyl adjacent to an activating group) is 1. The summed E-state index contributed by atoms with van der Waals surface area (Å²) in [7, 11) is 0. The number of ether oxygens (including phenoxy) is 1. The summed E-state index contributed by atoms with van der Waals surface area (Å²) in [4.78, 5) is 0. The summed E-state index contributed by atoms with van der Waals surface area (Å²) in [5.41, 5.74) is 1.04. The van der Waals surface area contributed by atoms with E-state index in [-0.39, 0.29) is 5.75 Å². The molecule has 0 radical (unpaired) electrons. The van der Waals surface area contributed by atoms with Crippen molar-refractivity contribution in [3.05, 3.63) is 29.8 Å². The van der Waals surface area contributed by atoms with E-state index in [0.29, 0.717) is 0 Å². The zero-order valence-electron chi connectivity index (χ0n) is 9.88. The lowest BCUT2D eigenvalue weighted by Gasteiger charge is -2.07. The first-order valence-corrected chi connectivity index (χ1v) is 5.67. The molecule has 0 aliphatic heterocycles. The van der Waals surface area contributed by atoms with Gasteiger partial charge in [-0.3, -0.25) is 0 Å². The molecular formula is C12H18F2N2O. The molecule has 0 fully saturated rings. The van der Waals surface area contributed by atoms with Crippen molar-refractivity contribution in [1.29, 1.82) is 0 Å². The highest BCUT2D eigenvalue weighted by molar-refractivity contribution is 5.27. The predicted molar refractivity (Wildman–Crippen MR) is 63.3 cm³/mol. The van der Waals surface area contributed by atoms with Gasteiger partial charge in [0.15, 0.2) is 0 Å². The van der Waals surface area contributed by atoms with E-state index in [1.54, 1.807) is 24.3 Å². The van der Waals surface area contributed by atoms with Gasteiger partial charge in [0, 0.05) is 19.6 Å². The molecule has 0 bridgehead atoms. The average molecular weight is 244 g/mol. The molecule has 2 N–H and O–H groups in total. The zero-order valence-corrected chi connectivity index (χ0v) is 9.88. The highest BCUT2D eigenvalue weighted by atomic mass is 19.3. The fourth-order valence-corrected chi connectivity index (χ4v) is 1.38. The van der Waals surface area contributed by atoms with Crippen molar-refractivity contribution in [2.45, 2.75) is 20.1 Å². The molecular weight excluding hydrogens is 226 g/mol. The van der Waals surface area contributed by atoms with Crippen molar-refractivity contribution in [2.75, 3.05) is 19.6 Å². The summed E-state index contributed by atoms with van der Waals surface area (Å²) >= 11 is 0. The SMILES string of the molecule is CCNCCNCc1ccc(OC(F)F)cc1. The van der Waals surface area contributed by atoms with E-state index in [2.05, 4.69) is 22.3 Å². The lowest BCUT2D eigenvalue weighted by atomic mass is 10.2. The van der Waals surface area contributed by atoms with Crippen molar-refractivity contribution in [3.8, 4) is 5.75 Å². The Hall–Kier alpha value is -1.20. The molecule has 3 nitrogen and oxygen atoms in total. The third kappa shape index (κ3) is 6.19. The fourth-order valence-electron chi connectivity index (χ4n) is 1.38. The molecule has 0 spiro atoms. The molecule has 5 heteroatoms. The first kappa shape index (κ1) is 13.9. The van der Waals surface area contributed by atoms with E-state index in [1.807, 2.05) is 0 Å². The van der Waals surface area contributed by atoms with Crippen LogP contribution in [-0.2, 0) is 6.54 Å². The Morgan fingerprint density at radius 2 is 1.76 bits per heavy atom. The van der Waals surface area contributed by atoms with E-state index in [9.17, 15) is 8.78 Å². The Labute approximate surface area is 100 Å². The van der Waals surface area contributed by atoms with Crippen LogP contribution in [0.25, 0.3) is 0 Å². The minimum Gasteiger partial charge on any atom is -0.435 e. The van der Waals surface area contributed by atoms with Gasteiger partial charge < -0.3 is 15.4 Å². The Balaban J connectivity index is 2.25. The Bertz CT molecular complexity index is 304. The number of halogens is 2. The first-order valence-electron chi connectivity index (χ1n) is 5.67. The summed E-state index contributed by atoms with van der Waals surface area (Å²) in [6.07, 6.45) is 0. The van der Waals surface area contributed by atoms with Gasteiger partial charge in [-0.05, 0) is 24.2 Å². The van der Waals surface area contributed by atoms with Crippen molar-refractivity contribution in [2.24, 2.45) is 0 Å². The smallest absolute Gasteiger partial charge is 0.387 e. The topological polar surface area (TPSA) is 33.3 Å². The van der Waals surface area contributed by atoms with E-state index in [1.165, 1.54) is 0 Å². The molecule has 0 heterocycles. The second-order valence-corrected chi connectivity index (χ2v) is 3.55. The molecule has 0 amide bonds. The number of hydrogen-bond donors (Lipinski definition) is 2. The number of alkyl halides is 2. The van der Waals surface area contributed by atoms with Crippen LogP contribution >= 0.6 is 0 Å². The highest BCUT2D eigenvalue weighted by Gasteiger charge is 2.03. The van der Waals surface area contributed by atoms with E-state index >= 15 is 0 Å². The summed E-state index contributed by atoms with van der Waals surface area (Å²) in [5.74, 6) is 0.191. The molecule has 0 aliphatic rings. The van der Waals surface area contributed by atoms with Gasteiger partial charge in [0.2, 0.25) is 0 Å². The maximum absolute atomic E-state index is 11.9. The lowest BCUT2D eigenvalue weighted by molar-refractivity contribution is -0.0498. The number of nitrogens with one attached hydrogen (secondary N) is 2. The van der Waals surface area contributed by atoms with Crippen LogP contribution in [0, 0.1) is 0 Å². The van der Waals surface area contributed by atoms with Gasteiger partial charge >= 0.3 is 6.61 Å². The van der Waals surface area contributed by atoms with Crippen molar-refractivity contribution >= 4 is 0 Å². The van der Waals surface area contributed by atoms with Crippen molar-refractivity contribution in [3.63, 3.8) is 0 Å². The molecule has 0 aromatic heterocycles. The Morgan fingerprint density at radius 3 is 2.35 bits per heavy atom. The molecule has 1 aromatic rings. The first-order chi connectivity index (χ1) is 8.22. The van der Waals surface area contributed by atoms with Gasteiger partial charge in [-0.15, -0.1) is 0 Å². The minimum absolute atomic E-state index is 0.191. The summed E-state index contributed by atoms with van der Waals surface area (Å²) < 4.78 is 28.1. The van der Waals surface area contributed by atoms with Gasteiger partial charge in [0.1, 0.15) is 5.75 Å². The summed E-state index contributed by atoms with van der Waals surface area (Å²) in [5, 5.41) is 6.44. The van der Waals surface area contributed by atoms with E-state index in [0.717, 1.165) is 31.7 Å². The Kier molecular flexibility index (Phi) is 6.50. The van der Waals surface area contributed by atoms with Crippen molar-refractivity contribution in [1.82, 2.24) is 10.6 Å². The summed E-state index contributed by atoms with van der Waals surface area (Å²) in [6, 6.07) is 6.65. The second kappa shape index (κ2) is 7.97. The average Bonchev–Trinajstić information content (AvgIpc) is 2.30. The third-order valence-electron chi connectivity index (χ3n) is 2.21. The van der Waals surface area contributed by atoms with Crippen LogP contribution < -0.4 is 15.4 Å².